The largest absolute Gasteiger partial charge is 0.451 e. The highest BCUT2D eigenvalue weighted by molar-refractivity contribution is 5.16. The molecule has 1 aromatic rings. The van der Waals surface area contributed by atoms with Gasteiger partial charge in [-0.25, -0.2) is 9.97 Å². The molecule has 0 aromatic carbocycles. The molecule has 1 aliphatic rings. The van der Waals surface area contributed by atoms with Crippen molar-refractivity contribution < 1.29 is 13.2 Å². The Bertz CT molecular complexity index is 504. The molecule has 0 spiro atoms. The molecule has 0 saturated carbocycles. The standard InChI is InChI=1S/C15H23F3N4/c1-11-13(7-19-14(20-11)15(16,17)18)10-22(3)9-12-5-4-6-21(2)8-12/h7,12H,4-6,8-10H2,1-3H3/t12-/m1/s1. The summed E-state index contributed by atoms with van der Waals surface area (Å²) in [5.74, 6) is -0.454. The molecule has 22 heavy (non-hydrogen) atoms. The van der Waals surface area contributed by atoms with Gasteiger partial charge in [-0.05, 0) is 46.3 Å². The fourth-order valence-electron chi connectivity index (χ4n) is 3.00. The van der Waals surface area contributed by atoms with Gasteiger partial charge in [0.2, 0.25) is 5.82 Å². The number of likely N-dealkylation sites (tertiary alicyclic amines) is 1. The third-order valence-corrected chi connectivity index (χ3v) is 4.07. The van der Waals surface area contributed by atoms with E-state index in [0.29, 0.717) is 18.2 Å². The second-order valence-electron chi connectivity index (χ2n) is 6.27. The summed E-state index contributed by atoms with van der Waals surface area (Å²) >= 11 is 0. The predicted molar refractivity (Wildman–Crippen MR) is 78.3 cm³/mol. The first-order chi connectivity index (χ1) is 10.3. The molecule has 2 rings (SSSR count). The molecule has 2 heterocycles. The Morgan fingerprint density at radius 2 is 2.14 bits per heavy atom. The maximum atomic E-state index is 12.6. The molecule has 0 N–H and O–H groups in total. The summed E-state index contributed by atoms with van der Waals surface area (Å²) in [4.78, 5) is 11.5. The summed E-state index contributed by atoms with van der Waals surface area (Å²) in [6, 6.07) is 0. The molecule has 1 fully saturated rings. The highest BCUT2D eigenvalue weighted by atomic mass is 19.4. The number of alkyl halides is 3. The maximum Gasteiger partial charge on any atom is 0.451 e. The van der Waals surface area contributed by atoms with Crippen LogP contribution in [-0.4, -0.2) is 53.5 Å². The number of piperidine rings is 1. The van der Waals surface area contributed by atoms with Gasteiger partial charge in [-0.3, -0.25) is 0 Å². The van der Waals surface area contributed by atoms with Gasteiger partial charge in [0.05, 0.1) is 0 Å². The lowest BCUT2D eigenvalue weighted by Gasteiger charge is -2.32. The van der Waals surface area contributed by atoms with Gasteiger partial charge < -0.3 is 9.80 Å². The Kier molecular flexibility index (Phi) is 5.39. The topological polar surface area (TPSA) is 32.3 Å². The number of aromatic nitrogens is 2. The van der Waals surface area contributed by atoms with E-state index in [2.05, 4.69) is 26.8 Å². The van der Waals surface area contributed by atoms with Crippen molar-refractivity contribution in [1.29, 1.82) is 0 Å². The lowest BCUT2D eigenvalue weighted by molar-refractivity contribution is -0.145. The second kappa shape index (κ2) is 6.91. The van der Waals surface area contributed by atoms with Crippen LogP contribution in [0.4, 0.5) is 13.2 Å². The highest BCUT2D eigenvalue weighted by Crippen LogP contribution is 2.26. The number of rotatable bonds is 4. The Balaban J connectivity index is 1.95. The minimum atomic E-state index is -4.48. The molecule has 124 valence electrons. The number of halogens is 3. The van der Waals surface area contributed by atoms with Gasteiger partial charge in [0.25, 0.3) is 0 Å². The molecule has 0 aliphatic carbocycles. The molecule has 0 unspecified atom stereocenters. The summed E-state index contributed by atoms with van der Waals surface area (Å²) in [5.41, 5.74) is 1.15. The summed E-state index contributed by atoms with van der Waals surface area (Å²) in [7, 11) is 4.12. The zero-order chi connectivity index (χ0) is 16.3. The van der Waals surface area contributed by atoms with Crippen LogP contribution in [0.15, 0.2) is 6.20 Å². The van der Waals surface area contributed by atoms with Crippen LogP contribution in [0.2, 0.25) is 0 Å². The van der Waals surface area contributed by atoms with Gasteiger partial charge in [-0.2, -0.15) is 13.2 Å². The first kappa shape index (κ1) is 17.1. The summed E-state index contributed by atoms with van der Waals surface area (Å²) in [5, 5.41) is 0. The van der Waals surface area contributed by atoms with E-state index in [0.717, 1.165) is 25.2 Å². The molecule has 1 saturated heterocycles. The number of aryl methyl sites for hydroxylation is 1. The zero-order valence-corrected chi connectivity index (χ0v) is 13.3. The van der Waals surface area contributed by atoms with Crippen molar-refractivity contribution in [1.82, 2.24) is 19.8 Å². The number of hydrogen-bond acceptors (Lipinski definition) is 4. The van der Waals surface area contributed by atoms with Gasteiger partial charge in [0.1, 0.15) is 0 Å². The lowest BCUT2D eigenvalue weighted by atomic mass is 9.98. The van der Waals surface area contributed by atoms with Gasteiger partial charge in [0, 0.05) is 37.1 Å². The summed E-state index contributed by atoms with van der Waals surface area (Å²) < 4.78 is 37.7. The third-order valence-electron chi connectivity index (χ3n) is 4.07. The smallest absolute Gasteiger partial charge is 0.306 e. The van der Waals surface area contributed by atoms with Crippen LogP contribution in [0.5, 0.6) is 0 Å². The van der Waals surface area contributed by atoms with E-state index in [1.165, 1.54) is 19.0 Å². The molecule has 0 radical (unpaired) electrons. The molecular weight excluding hydrogens is 293 g/mol. The Morgan fingerprint density at radius 3 is 2.73 bits per heavy atom. The predicted octanol–water partition coefficient (Wildman–Crippen LogP) is 2.58. The fourth-order valence-corrected chi connectivity index (χ4v) is 3.00. The van der Waals surface area contributed by atoms with Crippen molar-refractivity contribution in [2.75, 3.05) is 33.7 Å². The zero-order valence-electron chi connectivity index (χ0n) is 13.3. The van der Waals surface area contributed by atoms with Crippen LogP contribution >= 0.6 is 0 Å². The minimum absolute atomic E-state index is 0.398. The van der Waals surface area contributed by atoms with Gasteiger partial charge >= 0.3 is 6.18 Å². The quantitative estimate of drug-likeness (QED) is 0.855. The first-order valence-electron chi connectivity index (χ1n) is 7.52. The van der Waals surface area contributed by atoms with Gasteiger partial charge in [0.15, 0.2) is 0 Å². The Labute approximate surface area is 129 Å². The van der Waals surface area contributed by atoms with Crippen molar-refractivity contribution in [3.63, 3.8) is 0 Å². The van der Waals surface area contributed by atoms with E-state index in [1.54, 1.807) is 6.92 Å². The average molecular weight is 316 g/mol. The van der Waals surface area contributed by atoms with Crippen LogP contribution in [0.1, 0.15) is 29.9 Å². The third kappa shape index (κ3) is 4.64. The van der Waals surface area contributed by atoms with Crippen LogP contribution < -0.4 is 0 Å². The maximum absolute atomic E-state index is 12.6. The Hall–Kier alpha value is -1.21. The first-order valence-corrected chi connectivity index (χ1v) is 7.52. The van der Waals surface area contributed by atoms with Crippen molar-refractivity contribution in [3.8, 4) is 0 Å². The number of nitrogens with zero attached hydrogens (tertiary/aromatic N) is 4. The fraction of sp³-hybridized carbons (Fsp3) is 0.733. The number of hydrogen-bond donors (Lipinski definition) is 0. The van der Waals surface area contributed by atoms with Crippen molar-refractivity contribution >= 4 is 0 Å². The molecule has 0 bridgehead atoms. The summed E-state index contributed by atoms with van der Waals surface area (Å²) in [6.45, 7) is 5.34. The van der Waals surface area contributed by atoms with E-state index in [9.17, 15) is 13.2 Å². The van der Waals surface area contributed by atoms with Crippen molar-refractivity contribution in [2.24, 2.45) is 5.92 Å². The SMILES string of the molecule is Cc1nc(C(F)(F)F)ncc1CN(C)C[C@@H]1CCCN(C)C1. The summed E-state index contributed by atoms with van der Waals surface area (Å²) in [6.07, 6.45) is -0.773. The van der Waals surface area contributed by atoms with E-state index in [1.807, 2.05) is 7.05 Å². The average Bonchev–Trinajstić information content (AvgIpc) is 2.39. The van der Waals surface area contributed by atoms with E-state index in [-0.39, 0.29) is 0 Å². The highest BCUT2D eigenvalue weighted by Gasteiger charge is 2.34. The van der Waals surface area contributed by atoms with Crippen LogP contribution in [-0.2, 0) is 12.7 Å². The lowest BCUT2D eigenvalue weighted by Crippen LogP contribution is -2.37. The molecule has 1 aliphatic heterocycles. The monoisotopic (exact) mass is 316 g/mol. The molecule has 7 heteroatoms. The van der Waals surface area contributed by atoms with E-state index < -0.39 is 12.0 Å². The van der Waals surface area contributed by atoms with Crippen molar-refractivity contribution in [2.45, 2.75) is 32.5 Å². The van der Waals surface area contributed by atoms with E-state index >= 15 is 0 Å². The minimum Gasteiger partial charge on any atom is -0.306 e. The normalized spacial score (nSPS) is 20.6. The molecular formula is C15H23F3N4. The molecule has 0 amide bonds. The molecule has 1 aromatic heterocycles. The second-order valence-corrected chi connectivity index (χ2v) is 6.27. The van der Waals surface area contributed by atoms with E-state index in [4.69, 9.17) is 0 Å². The van der Waals surface area contributed by atoms with Gasteiger partial charge in [-0.1, -0.05) is 0 Å². The molecule has 1 atom stereocenters. The van der Waals surface area contributed by atoms with Gasteiger partial charge in [-0.15, -0.1) is 0 Å². The van der Waals surface area contributed by atoms with Crippen molar-refractivity contribution in [3.05, 3.63) is 23.3 Å². The van der Waals surface area contributed by atoms with Crippen LogP contribution in [0, 0.1) is 12.8 Å². The van der Waals surface area contributed by atoms with Crippen LogP contribution in [0.25, 0.3) is 0 Å². The molecule has 4 nitrogen and oxygen atoms in total. The van der Waals surface area contributed by atoms with Crippen LogP contribution in [0.3, 0.4) is 0 Å². The Morgan fingerprint density at radius 1 is 1.41 bits per heavy atom.